The van der Waals surface area contributed by atoms with Crippen molar-refractivity contribution >= 4 is 0 Å². The third-order valence-electron chi connectivity index (χ3n) is 0. The van der Waals surface area contributed by atoms with Crippen molar-refractivity contribution in [1.82, 2.24) is 0 Å². The monoisotopic (exact) mass is 174 g/mol. The van der Waals surface area contributed by atoms with Crippen LogP contribution in [0.2, 0.25) is 0 Å². The van der Waals surface area contributed by atoms with E-state index < -0.39 is 0 Å². The summed E-state index contributed by atoms with van der Waals surface area (Å²) in [6, 6.07) is 0. The Balaban J connectivity index is 0. The van der Waals surface area contributed by atoms with E-state index in [2.05, 4.69) is 0 Å². The van der Waals surface area contributed by atoms with Crippen LogP contribution in [0.25, 0.3) is 0 Å². The topological polar surface area (TPSA) is 114 Å². The zero-order valence-corrected chi connectivity index (χ0v) is 4.75. The van der Waals surface area contributed by atoms with Crippen LogP contribution in [0.5, 0.6) is 0 Å². The van der Waals surface area contributed by atoms with Crippen molar-refractivity contribution < 1.29 is 56.0 Å². The minimum absolute atomic E-state index is 0. The van der Waals surface area contributed by atoms with Crippen LogP contribution in [0.3, 0.4) is 0 Å². The summed E-state index contributed by atoms with van der Waals surface area (Å²) in [5, 5.41) is 0. The van der Waals surface area contributed by atoms with Gasteiger partial charge in [-0.05, 0) is 0 Å². The molecule has 0 amide bonds. The Bertz CT molecular complexity index is 5.51. The van der Waals surface area contributed by atoms with E-state index in [1.54, 1.807) is 0 Å². The molecular formula is Mn2O4-8. The Morgan fingerprint density at radius 2 is 0.333 bits per heavy atom. The molecule has 0 N–H and O–H groups in total. The second-order valence-corrected chi connectivity index (χ2v) is 0. The zero-order valence-electron chi connectivity index (χ0n) is 2.39. The minimum Gasteiger partial charge on any atom is -2.00 e. The molecule has 0 aliphatic carbocycles. The molecule has 0 aliphatic rings. The van der Waals surface area contributed by atoms with Crippen LogP contribution in [0.4, 0.5) is 0 Å². The predicted molar refractivity (Wildman–Crippen MR) is 2.75 cm³/mol. The quantitative estimate of drug-likeness (QED) is 0.441. The standard InChI is InChI=1S/2Mn.4O/q;;4*-2. The molecule has 0 unspecified atom stereocenters. The SMILES string of the molecule is [Mn].[Mn].[O-2].[O-2].[O-2].[O-2]. The van der Waals surface area contributed by atoms with E-state index in [0.717, 1.165) is 0 Å². The van der Waals surface area contributed by atoms with Crippen molar-refractivity contribution in [3.8, 4) is 0 Å². The van der Waals surface area contributed by atoms with E-state index in [1.807, 2.05) is 0 Å². The second-order valence-electron chi connectivity index (χ2n) is 0. The minimum atomic E-state index is 0. The summed E-state index contributed by atoms with van der Waals surface area (Å²) < 4.78 is 0. The average Bonchev–Trinajstić information content (AvgIpc) is 0. The van der Waals surface area contributed by atoms with Crippen LogP contribution in [0.1, 0.15) is 0 Å². The molecule has 0 heterocycles. The fourth-order valence-electron chi connectivity index (χ4n) is 0. The van der Waals surface area contributed by atoms with Gasteiger partial charge in [0.1, 0.15) is 0 Å². The molecule has 0 aliphatic heterocycles. The predicted octanol–water partition coefficient (Wildman–Crippen LogP) is -0.480. The molecule has 0 bridgehead atoms. The Labute approximate surface area is 56.5 Å². The molecule has 0 fully saturated rings. The third-order valence-corrected chi connectivity index (χ3v) is 0. The maximum atomic E-state index is 0. The molecule has 0 atom stereocenters. The van der Waals surface area contributed by atoms with Gasteiger partial charge in [0.25, 0.3) is 0 Å². The van der Waals surface area contributed by atoms with Gasteiger partial charge >= 0.3 is 0 Å². The number of hydrogen-bond donors (Lipinski definition) is 0. The van der Waals surface area contributed by atoms with Crippen molar-refractivity contribution in [2.75, 3.05) is 0 Å². The first-order chi connectivity index (χ1) is 0. The van der Waals surface area contributed by atoms with Crippen molar-refractivity contribution in [3.05, 3.63) is 0 Å². The van der Waals surface area contributed by atoms with E-state index in [1.165, 1.54) is 0 Å². The molecule has 4 nitrogen and oxygen atoms in total. The Morgan fingerprint density at radius 1 is 0.333 bits per heavy atom. The molecule has 0 saturated carbocycles. The van der Waals surface area contributed by atoms with Crippen LogP contribution >= 0.6 is 0 Å². The molecule has 2 radical (unpaired) electrons. The Hall–Kier alpha value is 0.879. The van der Waals surface area contributed by atoms with E-state index in [-0.39, 0.29) is 56.0 Å². The fraction of sp³-hybridized carbons (Fsp3) is 0. The molecule has 0 rings (SSSR count). The molecule has 0 aromatic heterocycles. The summed E-state index contributed by atoms with van der Waals surface area (Å²) >= 11 is 0. The zero-order chi connectivity index (χ0) is 0. The molecule has 46 valence electrons. The van der Waals surface area contributed by atoms with Gasteiger partial charge < -0.3 is 21.9 Å². The van der Waals surface area contributed by atoms with Crippen LogP contribution in [-0.4, -0.2) is 0 Å². The molecule has 0 aromatic carbocycles. The number of rotatable bonds is 0. The van der Waals surface area contributed by atoms with Crippen LogP contribution < -0.4 is 0 Å². The first-order valence-electron chi connectivity index (χ1n) is 0. The smallest absolute Gasteiger partial charge is 0 e. The van der Waals surface area contributed by atoms with Crippen molar-refractivity contribution in [3.63, 3.8) is 0 Å². The summed E-state index contributed by atoms with van der Waals surface area (Å²) in [6.07, 6.45) is 0. The molecule has 6 heavy (non-hydrogen) atoms. The van der Waals surface area contributed by atoms with Gasteiger partial charge in [0, 0.05) is 34.1 Å². The van der Waals surface area contributed by atoms with E-state index >= 15 is 0 Å². The van der Waals surface area contributed by atoms with E-state index in [4.69, 9.17) is 0 Å². The van der Waals surface area contributed by atoms with Crippen LogP contribution in [-0.2, 0) is 56.0 Å². The molecule has 0 spiro atoms. The molecular weight excluding hydrogens is 174 g/mol. The largest absolute Gasteiger partial charge is 2.00 e. The van der Waals surface area contributed by atoms with Gasteiger partial charge in [-0.3, -0.25) is 0 Å². The Morgan fingerprint density at radius 3 is 0.333 bits per heavy atom. The molecule has 0 aromatic rings. The van der Waals surface area contributed by atoms with E-state index in [0.29, 0.717) is 0 Å². The second kappa shape index (κ2) is 181. The maximum Gasteiger partial charge on any atom is 0 e. The van der Waals surface area contributed by atoms with Gasteiger partial charge in [-0.25, -0.2) is 0 Å². The van der Waals surface area contributed by atoms with Crippen molar-refractivity contribution in [2.24, 2.45) is 0 Å². The van der Waals surface area contributed by atoms with Crippen LogP contribution in [0, 0.1) is 0 Å². The Kier molecular flexibility index (Phi) is 9290. The van der Waals surface area contributed by atoms with Gasteiger partial charge in [-0.15, -0.1) is 0 Å². The van der Waals surface area contributed by atoms with Crippen molar-refractivity contribution in [2.45, 2.75) is 0 Å². The summed E-state index contributed by atoms with van der Waals surface area (Å²) in [5.41, 5.74) is 0. The van der Waals surface area contributed by atoms with Crippen molar-refractivity contribution in [1.29, 1.82) is 0 Å². The van der Waals surface area contributed by atoms with Gasteiger partial charge in [0.15, 0.2) is 0 Å². The maximum absolute atomic E-state index is 0. The summed E-state index contributed by atoms with van der Waals surface area (Å²) in [7, 11) is 0. The summed E-state index contributed by atoms with van der Waals surface area (Å²) in [6.45, 7) is 0. The third kappa shape index (κ3) is 95.0. The van der Waals surface area contributed by atoms with Gasteiger partial charge in [-0.2, -0.15) is 0 Å². The van der Waals surface area contributed by atoms with E-state index in [9.17, 15) is 0 Å². The van der Waals surface area contributed by atoms with Gasteiger partial charge in [0.2, 0.25) is 0 Å². The van der Waals surface area contributed by atoms with Crippen LogP contribution in [0.15, 0.2) is 0 Å². The first kappa shape index (κ1) is 308. The van der Waals surface area contributed by atoms with Gasteiger partial charge in [0.05, 0.1) is 0 Å². The molecule has 6 heteroatoms. The fourth-order valence-corrected chi connectivity index (χ4v) is 0. The average molecular weight is 174 g/mol. The van der Waals surface area contributed by atoms with Gasteiger partial charge in [-0.1, -0.05) is 0 Å². The number of hydrogen-bond acceptors (Lipinski definition) is 0. The summed E-state index contributed by atoms with van der Waals surface area (Å²) in [5.74, 6) is 0. The summed E-state index contributed by atoms with van der Waals surface area (Å²) in [4.78, 5) is 0. The molecule has 0 saturated heterocycles. The normalized spacial score (nSPS) is 0. The first-order valence-corrected chi connectivity index (χ1v) is 0.